The lowest BCUT2D eigenvalue weighted by molar-refractivity contribution is 0.597. The quantitative estimate of drug-likeness (QED) is 0.706. The van der Waals surface area contributed by atoms with Crippen molar-refractivity contribution < 1.29 is 0 Å². The normalized spacial score (nSPS) is 10.6. The molecule has 0 fully saturated rings. The van der Waals surface area contributed by atoms with Crippen LogP contribution in [0.5, 0.6) is 0 Å². The minimum Gasteiger partial charge on any atom is -0.325 e. The third-order valence-electron chi connectivity index (χ3n) is 1.79. The van der Waals surface area contributed by atoms with E-state index >= 15 is 0 Å². The third-order valence-corrected chi connectivity index (χ3v) is 2.77. The van der Waals surface area contributed by atoms with Crippen LogP contribution in [0.4, 0.5) is 0 Å². The fourth-order valence-electron chi connectivity index (χ4n) is 1.11. The first-order valence-electron chi connectivity index (χ1n) is 4.67. The maximum Gasteiger partial charge on any atom is 0.0760 e. The molecule has 0 saturated heterocycles. The van der Waals surface area contributed by atoms with Crippen molar-refractivity contribution in [1.29, 1.82) is 0 Å². The van der Waals surface area contributed by atoms with Crippen LogP contribution in [-0.4, -0.2) is 21.3 Å². The molecule has 0 radical (unpaired) electrons. The van der Waals surface area contributed by atoms with Crippen molar-refractivity contribution >= 4 is 11.8 Å². The van der Waals surface area contributed by atoms with E-state index in [9.17, 15) is 0 Å². The van der Waals surface area contributed by atoms with Gasteiger partial charge in [0.25, 0.3) is 0 Å². The first kappa shape index (κ1) is 10.6. The maximum absolute atomic E-state index is 5.46. The van der Waals surface area contributed by atoms with Gasteiger partial charge < -0.3 is 5.73 Å². The van der Waals surface area contributed by atoms with Crippen LogP contribution in [0.15, 0.2) is 12.3 Å². The smallest absolute Gasteiger partial charge is 0.0760 e. The highest BCUT2D eigenvalue weighted by atomic mass is 32.2. The Morgan fingerprint density at radius 3 is 3.08 bits per heavy atom. The third kappa shape index (κ3) is 3.83. The minimum atomic E-state index is 0.538. The number of nitrogens with two attached hydrogens (primary N) is 1. The largest absolute Gasteiger partial charge is 0.325 e. The van der Waals surface area contributed by atoms with Gasteiger partial charge in [0, 0.05) is 19.3 Å². The SMILES string of the molecule is CCSCCCn1ccc(CN)n1. The monoisotopic (exact) mass is 199 g/mol. The summed E-state index contributed by atoms with van der Waals surface area (Å²) in [5.41, 5.74) is 6.43. The van der Waals surface area contributed by atoms with E-state index in [1.807, 2.05) is 28.7 Å². The number of aromatic nitrogens is 2. The summed E-state index contributed by atoms with van der Waals surface area (Å²) in [6.45, 7) is 3.73. The van der Waals surface area contributed by atoms with E-state index in [1.165, 1.54) is 17.9 Å². The van der Waals surface area contributed by atoms with E-state index in [-0.39, 0.29) is 0 Å². The summed E-state index contributed by atoms with van der Waals surface area (Å²) in [5.74, 6) is 2.42. The lowest BCUT2D eigenvalue weighted by Gasteiger charge is -2.00. The van der Waals surface area contributed by atoms with Gasteiger partial charge in [-0.15, -0.1) is 0 Å². The summed E-state index contributed by atoms with van der Waals surface area (Å²) in [6, 6.07) is 1.98. The number of aryl methyl sites for hydroxylation is 1. The topological polar surface area (TPSA) is 43.8 Å². The van der Waals surface area contributed by atoms with E-state index in [0.29, 0.717) is 6.54 Å². The highest BCUT2D eigenvalue weighted by molar-refractivity contribution is 7.99. The number of hydrogen-bond acceptors (Lipinski definition) is 3. The van der Waals surface area contributed by atoms with Crippen LogP contribution in [0, 0.1) is 0 Å². The van der Waals surface area contributed by atoms with Gasteiger partial charge >= 0.3 is 0 Å². The molecule has 1 aromatic heterocycles. The number of thioether (sulfide) groups is 1. The highest BCUT2D eigenvalue weighted by Crippen LogP contribution is 2.03. The predicted molar refractivity (Wildman–Crippen MR) is 57.7 cm³/mol. The van der Waals surface area contributed by atoms with Crippen molar-refractivity contribution in [2.75, 3.05) is 11.5 Å². The van der Waals surface area contributed by atoms with E-state index in [0.717, 1.165) is 12.2 Å². The van der Waals surface area contributed by atoms with Crippen LogP contribution < -0.4 is 5.73 Å². The molecule has 0 aliphatic heterocycles. The molecule has 0 atom stereocenters. The van der Waals surface area contributed by atoms with E-state index < -0.39 is 0 Å². The molecule has 2 N–H and O–H groups in total. The number of rotatable bonds is 6. The second-order valence-electron chi connectivity index (χ2n) is 2.82. The molecule has 0 saturated carbocycles. The van der Waals surface area contributed by atoms with Crippen molar-refractivity contribution in [3.05, 3.63) is 18.0 Å². The Bertz CT molecular complexity index is 235. The lowest BCUT2D eigenvalue weighted by Crippen LogP contribution is -2.03. The van der Waals surface area contributed by atoms with Crippen molar-refractivity contribution in [2.24, 2.45) is 5.73 Å². The summed E-state index contributed by atoms with van der Waals surface area (Å²) < 4.78 is 1.97. The van der Waals surface area contributed by atoms with Crippen molar-refractivity contribution in [1.82, 2.24) is 9.78 Å². The second kappa shape index (κ2) is 6.05. The summed E-state index contributed by atoms with van der Waals surface area (Å²) in [6.07, 6.45) is 3.18. The van der Waals surface area contributed by atoms with E-state index in [4.69, 9.17) is 5.73 Å². The van der Waals surface area contributed by atoms with Crippen molar-refractivity contribution in [3.8, 4) is 0 Å². The average molecular weight is 199 g/mol. The standard InChI is InChI=1S/C9H17N3S/c1-2-13-7-3-5-12-6-4-9(8-10)11-12/h4,6H,2-3,5,7-8,10H2,1H3. The van der Waals surface area contributed by atoms with Gasteiger partial charge in [0.2, 0.25) is 0 Å². The van der Waals surface area contributed by atoms with Crippen LogP contribution in [0.2, 0.25) is 0 Å². The Balaban J connectivity index is 2.20. The number of nitrogens with zero attached hydrogens (tertiary/aromatic N) is 2. The molecule has 4 heteroatoms. The Morgan fingerprint density at radius 2 is 2.46 bits per heavy atom. The summed E-state index contributed by atoms with van der Waals surface area (Å²) >= 11 is 1.97. The van der Waals surface area contributed by atoms with Crippen LogP contribution in [0.1, 0.15) is 19.0 Å². The van der Waals surface area contributed by atoms with Gasteiger partial charge in [0.1, 0.15) is 0 Å². The first-order chi connectivity index (χ1) is 6.36. The molecule has 74 valence electrons. The lowest BCUT2D eigenvalue weighted by atomic mass is 10.4. The molecule has 0 aliphatic carbocycles. The van der Waals surface area contributed by atoms with Crippen LogP contribution >= 0.6 is 11.8 Å². The van der Waals surface area contributed by atoms with Crippen LogP contribution in [0.3, 0.4) is 0 Å². The molecule has 1 heterocycles. The first-order valence-corrected chi connectivity index (χ1v) is 5.82. The van der Waals surface area contributed by atoms with Gasteiger partial charge in [-0.05, 0) is 24.0 Å². The molecule has 3 nitrogen and oxygen atoms in total. The molecule has 0 bridgehead atoms. The number of hydrogen-bond donors (Lipinski definition) is 1. The molecule has 0 aromatic carbocycles. The molecule has 1 aromatic rings. The molecule has 0 amide bonds. The average Bonchev–Trinajstić information content (AvgIpc) is 2.60. The van der Waals surface area contributed by atoms with E-state index in [2.05, 4.69) is 12.0 Å². The molecule has 0 aliphatic rings. The van der Waals surface area contributed by atoms with Gasteiger partial charge in [0.05, 0.1) is 5.69 Å². The van der Waals surface area contributed by atoms with Gasteiger partial charge in [-0.3, -0.25) is 4.68 Å². The Hall–Kier alpha value is -0.480. The highest BCUT2D eigenvalue weighted by Gasteiger charge is 1.95. The Kier molecular flexibility index (Phi) is 4.93. The molecular formula is C9H17N3S. The fraction of sp³-hybridized carbons (Fsp3) is 0.667. The molecule has 0 unspecified atom stereocenters. The second-order valence-corrected chi connectivity index (χ2v) is 4.22. The minimum absolute atomic E-state index is 0.538. The van der Waals surface area contributed by atoms with Crippen molar-refractivity contribution in [2.45, 2.75) is 26.4 Å². The zero-order valence-corrected chi connectivity index (χ0v) is 8.89. The molecular weight excluding hydrogens is 182 g/mol. The summed E-state index contributed by atoms with van der Waals surface area (Å²) in [4.78, 5) is 0. The zero-order chi connectivity index (χ0) is 9.52. The molecule has 1 rings (SSSR count). The maximum atomic E-state index is 5.46. The summed E-state index contributed by atoms with van der Waals surface area (Å²) in [5, 5.41) is 4.31. The molecule has 0 spiro atoms. The van der Waals surface area contributed by atoms with Gasteiger partial charge in [0.15, 0.2) is 0 Å². The van der Waals surface area contributed by atoms with Gasteiger partial charge in [-0.2, -0.15) is 16.9 Å². The van der Waals surface area contributed by atoms with Gasteiger partial charge in [-0.1, -0.05) is 6.92 Å². The fourth-order valence-corrected chi connectivity index (χ4v) is 1.73. The van der Waals surface area contributed by atoms with Crippen LogP contribution in [0.25, 0.3) is 0 Å². The Morgan fingerprint density at radius 1 is 1.62 bits per heavy atom. The molecule has 13 heavy (non-hydrogen) atoms. The zero-order valence-electron chi connectivity index (χ0n) is 8.07. The van der Waals surface area contributed by atoms with Crippen LogP contribution in [-0.2, 0) is 13.1 Å². The van der Waals surface area contributed by atoms with E-state index in [1.54, 1.807) is 0 Å². The van der Waals surface area contributed by atoms with Gasteiger partial charge in [-0.25, -0.2) is 0 Å². The predicted octanol–water partition coefficient (Wildman–Crippen LogP) is 1.48. The van der Waals surface area contributed by atoms with Crippen molar-refractivity contribution in [3.63, 3.8) is 0 Å². The Labute approximate surface area is 83.7 Å². The summed E-state index contributed by atoms with van der Waals surface area (Å²) in [7, 11) is 0.